The molecule has 1 aliphatic heterocycles. The van der Waals surface area contributed by atoms with Crippen LogP contribution >= 0.6 is 0 Å². The predicted octanol–water partition coefficient (Wildman–Crippen LogP) is 1.54. The summed E-state index contributed by atoms with van der Waals surface area (Å²) in [5, 5.41) is 9.15. The molecule has 1 aromatic rings. The number of hydrogen-bond donors (Lipinski definition) is 0. The van der Waals surface area contributed by atoms with Gasteiger partial charge in [-0.05, 0) is 38.0 Å². The summed E-state index contributed by atoms with van der Waals surface area (Å²) in [5.74, 6) is 0. The SMILES string of the molecule is CC(C)(C#N)N1CCN(CCc2ccncc2)CC1. The van der Waals surface area contributed by atoms with Crippen LogP contribution in [0.15, 0.2) is 24.5 Å². The zero-order valence-corrected chi connectivity index (χ0v) is 11.8. The highest BCUT2D eigenvalue weighted by Crippen LogP contribution is 2.16. The first-order valence-electron chi connectivity index (χ1n) is 6.89. The van der Waals surface area contributed by atoms with E-state index in [0.717, 1.165) is 39.1 Å². The molecule has 0 unspecified atom stereocenters. The Bertz CT molecular complexity index is 427. The second kappa shape index (κ2) is 6.14. The summed E-state index contributed by atoms with van der Waals surface area (Å²) in [6, 6.07) is 6.54. The van der Waals surface area contributed by atoms with Gasteiger partial charge in [-0.25, -0.2) is 0 Å². The van der Waals surface area contributed by atoms with Crippen molar-refractivity contribution in [2.75, 3.05) is 32.7 Å². The van der Waals surface area contributed by atoms with Gasteiger partial charge in [0.2, 0.25) is 0 Å². The zero-order chi connectivity index (χ0) is 13.7. The average molecular weight is 258 g/mol. The Kier molecular flexibility index (Phi) is 4.52. The second-order valence-electron chi connectivity index (χ2n) is 5.60. The van der Waals surface area contributed by atoms with Crippen molar-refractivity contribution in [1.29, 1.82) is 5.26 Å². The van der Waals surface area contributed by atoms with Gasteiger partial charge >= 0.3 is 0 Å². The number of nitriles is 1. The van der Waals surface area contributed by atoms with Gasteiger partial charge in [0.05, 0.1) is 6.07 Å². The number of pyridine rings is 1. The van der Waals surface area contributed by atoms with Crippen molar-refractivity contribution in [2.24, 2.45) is 0 Å². The first-order valence-corrected chi connectivity index (χ1v) is 6.89. The van der Waals surface area contributed by atoms with Crippen molar-refractivity contribution in [3.8, 4) is 6.07 Å². The van der Waals surface area contributed by atoms with Crippen LogP contribution in [0.1, 0.15) is 19.4 Å². The van der Waals surface area contributed by atoms with Gasteiger partial charge < -0.3 is 4.90 Å². The second-order valence-corrected chi connectivity index (χ2v) is 5.60. The van der Waals surface area contributed by atoms with Crippen molar-refractivity contribution in [2.45, 2.75) is 25.8 Å². The van der Waals surface area contributed by atoms with Crippen LogP contribution in [0.25, 0.3) is 0 Å². The molecule has 4 heteroatoms. The van der Waals surface area contributed by atoms with Gasteiger partial charge in [-0.3, -0.25) is 9.88 Å². The maximum absolute atomic E-state index is 9.15. The highest BCUT2D eigenvalue weighted by Gasteiger charge is 2.29. The smallest absolute Gasteiger partial charge is 0.103 e. The fraction of sp³-hybridized carbons (Fsp3) is 0.600. The Morgan fingerprint density at radius 2 is 1.84 bits per heavy atom. The molecule has 0 spiro atoms. The largest absolute Gasteiger partial charge is 0.300 e. The third kappa shape index (κ3) is 3.76. The Hall–Kier alpha value is -1.44. The van der Waals surface area contributed by atoms with E-state index in [1.807, 2.05) is 26.2 Å². The van der Waals surface area contributed by atoms with Crippen LogP contribution in [-0.2, 0) is 6.42 Å². The lowest BCUT2D eigenvalue weighted by molar-refractivity contribution is 0.0808. The van der Waals surface area contributed by atoms with E-state index in [4.69, 9.17) is 5.26 Å². The summed E-state index contributed by atoms with van der Waals surface area (Å²) >= 11 is 0. The molecule has 0 N–H and O–H groups in total. The van der Waals surface area contributed by atoms with Crippen molar-refractivity contribution in [3.63, 3.8) is 0 Å². The Labute approximate surface area is 115 Å². The summed E-state index contributed by atoms with van der Waals surface area (Å²) in [6.07, 6.45) is 4.77. The Balaban J connectivity index is 1.77. The molecule has 2 heterocycles. The Morgan fingerprint density at radius 3 is 2.42 bits per heavy atom. The molecule has 4 nitrogen and oxygen atoms in total. The summed E-state index contributed by atoms with van der Waals surface area (Å²) in [4.78, 5) is 8.79. The van der Waals surface area contributed by atoms with Gasteiger partial charge in [0.1, 0.15) is 5.54 Å². The third-order valence-electron chi connectivity index (χ3n) is 3.90. The summed E-state index contributed by atoms with van der Waals surface area (Å²) < 4.78 is 0. The van der Waals surface area contributed by atoms with Crippen molar-refractivity contribution >= 4 is 0 Å². The van der Waals surface area contributed by atoms with Gasteiger partial charge in [-0.1, -0.05) is 0 Å². The lowest BCUT2D eigenvalue weighted by Crippen LogP contribution is -2.54. The Morgan fingerprint density at radius 1 is 1.21 bits per heavy atom. The molecule has 0 radical (unpaired) electrons. The monoisotopic (exact) mass is 258 g/mol. The van der Waals surface area contributed by atoms with E-state index in [0.29, 0.717) is 0 Å². The average Bonchev–Trinajstić information content (AvgIpc) is 2.47. The third-order valence-corrected chi connectivity index (χ3v) is 3.90. The number of piperazine rings is 1. The normalized spacial score (nSPS) is 18.2. The first kappa shape index (κ1) is 14.0. The molecule has 102 valence electrons. The molecule has 1 aromatic heterocycles. The van der Waals surface area contributed by atoms with E-state index < -0.39 is 0 Å². The molecular formula is C15H22N4. The molecule has 19 heavy (non-hydrogen) atoms. The number of aromatic nitrogens is 1. The van der Waals surface area contributed by atoms with E-state index in [9.17, 15) is 0 Å². The molecule has 0 aliphatic carbocycles. The highest BCUT2D eigenvalue weighted by molar-refractivity contribution is 5.10. The van der Waals surface area contributed by atoms with Gasteiger partial charge in [-0.2, -0.15) is 5.26 Å². The summed E-state index contributed by atoms with van der Waals surface area (Å²) in [6.45, 7) is 9.16. The molecule has 0 bridgehead atoms. The minimum atomic E-state index is -0.336. The quantitative estimate of drug-likeness (QED) is 0.822. The van der Waals surface area contributed by atoms with E-state index >= 15 is 0 Å². The van der Waals surface area contributed by atoms with Crippen LogP contribution in [0.4, 0.5) is 0 Å². The van der Waals surface area contributed by atoms with Crippen molar-refractivity contribution in [3.05, 3.63) is 30.1 Å². The van der Waals surface area contributed by atoms with Gasteiger partial charge in [0.15, 0.2) is 0 Å². The van der Waals surface area contributed by atoms with Crippen LogP contribution in [-0.4, -0.2) is 53.0 Å². The van der Waals surface area contributed by atoms with E-state index in [2.05, 4.69) is 33.0 Å². The van der Waals surface area contributed by atoms with E-state index in [-0.39, 0.29) is 5.54 Å². The van der Waals surface area contributed by atoms with E-state index in [1.54, 1.807) is 0 Å². The highest BCUT2D eigenvalue weighted by atomic mass is 15.3. The van der Waals surface area contributed by atoms with Crippen LogP contribution < -0.4 is 0 Å². The first-order chi connectivity index (χ1) is 9.12. The molecule has 1 aliphatic rings. The minimum absolute atomic E-state index is 0.336. The lowest BCUT2D eigenvalue weighted by atomic mass is 10.0. The molecular weight excluding hydrogens is 236 g/mol. The van der Waals surface area contributed by atoms with E-state index in [1.165, 1.54) is 5.56 Å². The van der Waals surface area contributed by atoms with Crippen LogP contribution in [0.2, 0.25) is 0 Å². The topological polar surface area (TPSA) is 43.2 Å². The molecule has 0 atom stereocenters. The van der Waals surface area contributed by atoms with Gasteiger partial charge in [-0.15, -0.1) is 0 Å². The van der Waals surface area contributed by atoms with Crippen molar-refractivity contribution < 1.29 is 0 Å². The standard InChI is InChI=1S/C15H22N4/c1-15(2,13-16)19-11-9-18(10-12-19)8-5-14-3-6-17-7-4-14/h3-4,6-7H,5,8-12H2,1-2H3. The molecule has 1 saturated heterocycles. The molecule has 0 saturated carbocycles. The maximum Gasteiger partial charge on any atom is 0.103 e. The zero-order valence-electron chi connectivity index (χ0n) is 11.8. The summed E-state index contributed by atoms with van der Waals surface area (Å²) in [7, 11) is 0. The predicted molar refractivity (Wildman–Crippen MR) is 75.6 cm³/mol. The maximum atomic E-state index is 9.15. The molecule has 0 amide bonds. The fourth-order valence-corrected chi connectivity index (χ4v) is 2.44. The van der Waals surface area contributed by atoms with Crippen LogP contribution in [0.3, 0.4) is 0 Å². The minimum Gasteiger partial charge on any atom is -0.300 e. The van der Waals surface area contributed by atoms with Crippen LogP contribution in [0.5, 0.6) is 0 Å². The summed E-state index contributed by atoms with van der Waals surface area (Å²) in [5.41, 5.74) is 1.01. The molecule has 0 aromatic carbocycles. The van der Waals surface area contributed by atoms with Gasteiger partial charge in [0.25, 0.3) is 0 Å². The fourth-order valence-electron chi connectivity index (χ4n) is 2.44. The number of nitrogens with zero attached hydrogens (tertiary/aromatic N) is 4. The number of rotatable bonds is 4. The molecule has 1 fully saturated rings. The van der Waals surface area contributed by atoms with Crippen molar-refractivity contribution in [1.82, 2.24) is 14.8 Å². The lowest BCUT2D eigenvalue weighted by Gasteiger charge is -2.40. The van der Waals surface area contributed by atoms with Crippen LogP contribution in [0, 0.1) is 11.3 Å². The molecule has 2 rings (SSSR count). The van der Waals surface area contributed by atoms with Gasteiger partial charge in [0, 0.05) is 45.1 Å². The number of hydrogen-bond acceptors (Lipinski definition) is 4.